The number of carbonyl (C=O) groups is 1. The Kier molecular flexibility index (Phi) is 5.13. The first kappa shape index (κ1) is 17.5. The van der Waals surface area contributed by atoms with Gasteiger partial charge in [-0.1, -0.05) is 0 Å². The lowest BCUT2D eigenvalue weighted by atomic mass is 10.2. The van der Waals surface area contributed by atoms with Crippen molar-refractivity contribution in [2.45, 2.75) is 38.3 Å². The molecule has 1 saturated carbocycles. The van der Waals surface area contributed by atoms with E-state index in [0.717, 1.165) is 24.2 Å². The summed E-state index contributed by atoms with van der Waals surface area (Å²) in [6, 6.07) is 9.28. The highest BCUT2D eigenvalue weighted by molar-refractivity contribution is 6.09. The number of hydrogen-bond donors (Lipinski definition) is 0. The maximum Gasteiger partial charge on any atom is 0.260 e. The Labute approximate surface area is 153 Å². The zero-order chi connectivity index (χ0) is 16.5. The third-order valence-electron chi connectivity index (χ3n) is 4.73. The second-order valence-corrected chi connectivity index (χ2v) is 6.25. The first-order chi connectivity index (χ1) is 11.8. The molecule has 1 aliphatic carbocycles. The second-order valence-electron chi connectivity index (χ2n) is 6.25. The van der Waals surface area contributed by atoms with Crippen LogP contribution in [0.15, 0.2) is 36.5 Å². The number of nitrogens with zero attached hydrogens (tertiary/aromatic N) is 2. The molecule has 5 nitrogen and oxygen atoms in total. The van der Waals surface area contributed by atoms with Gasteiger partial charge in [0.25, 0.3) is 5.91 Å². The van der Waals surface area contributed by atoms with Crippen LogP contribution in [0.4, 0.5) is 5.69 Å². The summed E-state index contributed by atoms with van der Waals surface area (Å²) in [7, 11) is 1.64. The van der Waals surface area contributed by atoms with Gasteiger partial charge in [-0.05, 0) is 49.9 Å². The number of carbonyl (C=O) groups excluding carboxylic acids is 1. The molecule has 0 atom stereocenters. The maximum atomic E-state index is 12.6. The number of anilines is 1. The third-order valence-corrected chi connectivity index (χ3v) is 4.73. The molecule has 0 N–H and O–H groups in total. The van der Waals surface area contributed by atoms with Gasteiger partial charge >= 0.3 is 0 Å². The van der Waals surface area contributed by atoms with Gasteiger partial charge in [-0.3, -0.25) is 9.78 Å². The van der Waals surface area contributed by atoms with E-state index in [1.807, 2.05) is 24.3 Å². The largest absolute Gasteiger partial charge is 0.493 e. The number of methoxy groups -OCH3 is 1. The van der Waals surface area contributed by atoms with Crippen molar-refractivity contribution in [1.29, 1.82) is 0 Å². The topological polar surface area (TPSA) is 51.7 Å². The quantitative estimate of drug-likeness (QED) is 0.827. The summed E-state index contributed by atoms with van der Waals surface area (Å²) >= 11 is 0. The predicted molar refractivity (Wildman–Crippen MR) is 97.9 cm³/mol. The molecule has 0 saturated heterocycles. The van der Waals surface area contributed by atoms with Gasteiger partial charge in [-0.2, -0.15) is 0 Å². The average Bonchev–Trinajstić information content (AvgIpc) is 3.23. The summed E-state index contributed by atoms with van der Waals surface area (Å²) in [6.45, 7) is 0.490. The molecule has 2 aliphatic rings. The van der Waals surface area contributed by atoms with Crippen molar-refractivity contribution in [3.63, 3.8) is 0 Å². The van der Waals surface area contributed by atoms with E-state index in [-0.39, 0.29) is 24.4 Å². The SMILES string of the molecule is COc1ccc(N2Cc3ncccc3C2=O)cc1OC1CCCC1.Cl. The van der Waals surface area contributed by atoms with Gasteiger partial charge in [0.2, 0.25) is 0 Å². The number of hydrogen-bond acceptors (Lipinski definition) is 4. The molecule has 132 valence electrons. The van der Waals surface area contributed by atoms with E-state index in [2.05, 4.69) is 4.98 Å². The van der Waals surface area contributed by atoms with Crippen molar-refractivity contribution in [2.24, 2.45) is 0 Å². The monoisotopic (exact) mass is 360 g/mol. The van der Waals surface area contributed by atoms with Gasteiger partial charge in [0.1, 0.15) is 0 Å². The number of rotatable bonds is 4. The summed E-state index contributed by atoms with van der Waals surface area (Å²) < 4.78 is 11.6. The highest BCUT2D eigenvalue weighted by Gasteiger charge is 2.30. The fraction of sp³-hybridized carbons (Fsp3) is 0.368. The number of aromatic nitrogens is 1. The Balaban J connectivity index is 0.00000182. The van der Waals surface area contributed by atoms with Crippen molar-refractivity contribution in [3.8, 4) is 11.5 Å². The van der Waals surface area contributed by atoms with Crippen LogP contribution in [0.2, 0.25) is 0 Å². The highest BCUT2D eigenvalue weighted by atomic mass is 35.5. The van der Waals surface area contributed by atoms with Crippen LogP contribution in [0.1, 0.15) is 41.7 Å². The minimum absolute atomic E-state index is 0. The Morgan fingerprint density at radius 1 is 1.16 bits per heavy atom. The van der Waals surface area contributed by atoms with E-state index in [1.165, 1.54) is 12.8 Å². The molecule has 0 spiro atoms. The molecular formula is C19H21ClN2O3. The van der Waals surface area contributed by atoms with Crippen LogP contribution in [-0.4, -0.2) is 24.1 Å². The molecule has 4 rings (SSSR count). The Bertz CT molecular complexity index is 775. The van der Waals surface area contributed by atoms with Crippen molar-refractivity contribution in [3.05, 3.63) is 47.8 Å². The van der Waals surface area contributed by atoms with Crippen LogP contribution in [0.25, 0.3) is 0 Å². The molecule has 1 amide bonds. The smallest absolute Gasteiger partial charge is 0.260 e. The van der Waals surface area contributed by atoms with Crippen LogP contribution in [0.5, 0.6) is 11.5 Å². The first-order valence-corrected chi connectivity index (χ1v) is 8.36. The highest BCUT2D eigenvalue weighted by Crippen LogP contribution is 2.37. The van der Waals surface area contributed by atoms with Gasteiger partial charge < -0.3 is 14.4 Å². The number of ether oxygens (including phenoxy) is 2. The predicted octanol–water partition coefficient (Wildman–Crippen LogP) is 3.99. The zero-order valence-electron chi connectivity index (χ0n) is 14.1. The van der Waals surface area contributed by atoms with Crippen LogP contribution in [0, 0.1) is 0 Å². The summed E-state index contributed by atoms with van der Waals surface area (Å²) in [5.74, 6) is 1.39. The van der Waals surface area contributed by atoms with Crippen molar-refractivity contribution in [1.82, 2.24) is 4.98 Å². The molecule has 25 heavy (non-hydrogen) atoms. The van der Waals surface area contributed by atoms with Crippen LogP contribution >= 0.6 is 12.4 Å². The summed E-state index contributed by atoms with van der Waals surface area (Å²) in [5, 5.41) is 0. The average molecular weight is 361 g/mol. The molecule has 6 heteroatoms. The van der Waals surface area contributed by atoms with E-state index < -0.39 is 0 Å². The van der Waals surface area contributed by atoms with E-state index in [9.17, 15) is 4.79 Å². The standard InChI is InChI=1S/C19H20N2O3.ClH/c1-23-17-9-8-13(11-18(17)24-14-5-2-3-6-14)21-12-16-15(19(21)22)7-4-10-20-16;/h4,7-11,14H,2-3,5-6,12H2,1H3;1H. The number of benzene rings is 1. The lowest BCUT2D eigenvalue weighted by molar-refractivity contribution is 0.0996. The molecule has 1 aromatic heterocycles. The Hall–Kier alpha value is -2.27. The number of amides is 1. The lowest BCUT2D eigenvalue weighted by Crippen LogP contribution is -2.23. The summed E-state index contributed by atoms with van der Waals surface area (Å²) in [4.78, 5) is 18.7. The summed E-state index contributed by atoms with van der Waals surface area (Å²) in [5.41, 5.74) is 2.30. The van der Waals surface area contributed by atoms with Gasteiger partial charge in [-0.25, -0.2) is 0 Å². The van der Waals surface area contributed by atoms with Gasteiger partial charge in [0.05, 0.1) is 31.0 Å². The Morgan fingerprint density at radius 3 is 2.68 bits per heavy atom. The van der Waals surface area contributed by atoms with Crippen molar-refractivity contribution >= 4 is 24.0 Å². The molecule has 0 bridgehead atoms. The third kappa shape index (κ3) is 3.29. The normalized spacial score (nSPS) is 16.5. The first-order valence-electron chi connectivity index (χ1n) is 8.36. The van der Waals surface area contributed by atoms with E-state index in [0.29, 0.717) is 23.6 Å². The van der Waals surface area contributed by atoms with E-state index >= 15 is 0 Å². The second kappa shape index (κ2) is 7.31. The minimum Gasteiger partial charge on any atom is -0.493 e. The number of pyridine rings is 1. The molecule has 1 fully saturated rings. The van der Waals surface area contributed by atoms with Crippen LogP contribution < -0.4 is 14.4 Å². The summed E-state index contributed by atoms with van der Waals surface area (Å²) in [6.07, 6.45) is 6.52. The lowest BCUT2D eigenvalue weighted by Gasteiger charge is -2.20. The van der Waals surface area contributed by atoms with Gasteiger partial charge in [-0.15, -0.1) is 12.4 Å². The van der Waals surface area contributed by atoms with Crippen molar-refractivity contribution in [2.75, 3.05) is 12.0 Å². The fourth-order valence-corrected chi connectivity index (χ4v) is 3.45. The number of halogens is 1. The molecule has 0 radical (unpaired) electrons. The Morgan fingerprint density at radius 2 is 1.96 bits per heavy atom. The van der Waals surface area contributed by atoms with Crippen LogP contribution in [-0.2, 0) is 6.54 Å². The van der Waals surface area contributed by atoms with E-state index in [1.54, 1.807) is 24.3 Å². The minimum atomic E-state index is -0.0184. The molecule has 2 heterocycles. The molecular weight excluding hydrogens is 340 g/mol. The van der Waals surface area contributed by atoms with Gasteiger partial charge in [0.15, 0.2) is 11.5 Å². The van der Waals surface area contributed by atoms with Crippen LogP contribution in [0.3, 0.4) is 0 Å². The van der Waals surface area contributed by atoms with Crippen molar-refractivity contribution < 1.29 is 14.3 Å². The molecule has 2 aromatic rings. The number of fused-ring (bicyclic) bond motifs is 1. The van der Waals surface area contributed by atoms with E-state index in [4.69, 9.17) is 9.47 Å². The van der Waals surface area contributed by atoms with Gasteiger partial charge in [0, 0.05) is 18.0 Å². The molecule has 1 aromatic carbocycles. The zero-order valence-corrected chi connectivity index (χ0v) is 14.9. The maximum absolute atomic E-state index is 12.6. The fourth-order valence-electron chi connectivity index (χ4n) is 3.45. The molecule has 1 aliphatic heterocycles. The molecule has 0 unspecified atom stereocenters.